The Morgan fingerprint density at radius 3 is 2.26 bits per heavy atom. The second kappa shape index (κ2) is 12.4. The molecule has 1 heterocycles. The largest absolute Gasteiger partial charge is 0.497 e. The van der Waals surface area contributed by atoms with Crippen molar-refractivity contribution in [3.8, 4) is 11.5 Å². The molecule has 0 spiro atoms. The maximum Gasteiger partial charge on any atom is 0.261 e. The number of aromatic nitrogens is 2. The Bertz CT molecular complexity index is 1430. The number of benzene rings is 3. The van der Waals surface area contributed by atoms with E-state index in [2.05, 4.69) is 6.92 Å². The van der Waals surface area contributed by atoms with Crippen molar-refractivity contribution in [2.75, 3.05) is 20.8 Å². The van der Waals surface area contributed by atoms with Gasteiger partial charge in [0.05, 0.1) is 37.7 Å². The van der Waals surface area contributed by atoms with Crippen molar-refractivity contribution in [2.24, 2.45) is 0 Å². The summed E-state index contributed by atoms with van der Waals surface area (Å²) in [7, 11) is 3.12. The predicted molar refractivity (Wildman–Crippen MR) is 150 cm³/mol. The molecule has 1 aromatic heterocycles. The average Bonchev–Trinajstić information content (AvgIpc) is 2.96. The lowest BCUT2D eigenvalue weighted by atomic mass is 10.1. The Morgan fingerprint density at radius 1 is 0.947 bits per heavy atom. The van der Waals surface area contributed by atoms with Crippen LogP contribution in [-0.4, -0.2) is 41.1 Å². The van der Waals surface area contributed by atoms with Crippen LogP contribution in [0.1, 0.15) is 60.9 Å². The number of unbranched alkanes of at least 4 members (excludes halogenated alkanes) is 2. The molecule has 0 bridgehead atoms. The summed E-state index contributed by atoms with van der Waals surface area (Å²) in [6.07, 6.45) is 2.85. The van der Waals surface area contributed by atoms with Crippen molar-refractivity contribution in [3.05, 3.63) is 100 Å². The van der Waals surface area contributed by atoms with Crippen LogP contribution in [-0.2, 0) is 6.54 Å². The fourth-order valence-corrected chi connectivity index (χ4v) is 4.66. The molecule has 0 aliphatic heterocycles. The van der Waals surface area contributed by atoms with Crippen LogP contribution in [0.15, 0.2) is 77.6 Å². The molecule has 0 radical (unpaired) electrons. The summed E-state index contributed by atoms with van der Waals surface area (Å²) in [5, 5.41) is 0.556. The van der Waals surface area contributed by atoms with Gasteiger partial charge in [-0.2, -0.15) is 0 Å². The number of ether oxygens (including phenoxy) is 2. The third-order valence-corrected chi connectivity index (χ3v) is 6.78. The van der Waals surface area contributed by atoms with Crippen molar-refractivity contribution in [1.29, 1.82) is 0 Å². The van der Waals surface area contributed by atoms with Crippen LogP contribution in [0.2, 0.25) is 0 Å². The minimum absolute atomic E-state index is 0.120. The smallest absolute Gasteiger partial charge is 0.261 e. The van der Waals surface area contributed by atoms with Gasteiger partial charge in [0.15, 0.2) is 0 Å². The molecule has 1 atom stereocenters. The van der Waals surface area contributed by atoms with Gasteiger partial charge >= 0.3 is 0 Å². The standard InChI is InChI=1S/C31H35N3O4/c1-5-6-12-17-33(30(35)24-18-25(37-3)20-26(19-24)38-4)22(2)29-32-28-16-11-10-15-27(28)31(36)34(29)21-23-13-8-7-9-14-23/h7-11,13-16,18-20,22H,5-6,12,17,21H2,1-4H3. The highest BCUT2D eigenvalue weighted by Gasteiger charge is 2.27. The number of fused-ring (bicyclic) bond motifs is 1. The zero-order valence-electron chi connectivity index (χ0n) is 22.5. The molecule has 198 valence electrons. The number of hydrogen-bond donors (Lipinski definition) is 0. The molecule has 38 heavy (non-hydrogen) atoms. The monoisotopic (exact) mass is 513 g/mol. The lowest BCUT2D eigenvalue weighted by Gasteiger charge is -2.31. The van der Waals surface area contributed by atoms with Crippen LogP contribution in [0.3, 0.4) is 0 Å². The van der Waals surface area contributed by atoms with Crippen LogP contribution in [0.5, 0.6) is 11.5 Å². The highest BCUT2D eigenvalue weighted by Crippen LogP contribution is 2.28. The molecule has 0 aliphatic carbocycles. The van der Waals surface area contributed by atoms with Gasteiger partial charge in [-0.05, 0) is 43.2 Å². The van der Waals surface area contributed by atoms with Crippen molar-refractivity contribution in [2.45, 2.75) is 45.7 Å². The van der Waals surface area contributed by atoms with Gasteiger partial charge in [-0.15, -0.1) is 0 Å². The molecule has 7 nitrogen and oxygen atoms in total. The van der Waals surface area contributed by atoms with Crippen LogP contribution in [0, 0.1) is 0 Å². The zero-order valence-corrected chi connectivity index (χ0v) is 22.5. The Kier molecular flexibility index (Phi) is 8.79. The van der Waals surface area contributed by atoms with Gasteiger partial charge in [0, 0.05) is 18.2 Å². The van der Waals surface area contributed by atoms with Gasteiger partial charge in [0.25, 0.3) is 11.5 Å². The van der Waals surface area contributed by atoms with E-state index in [0.717, 1.165) is 24.8 Å². The lowest BCUT2D eigenvalue weighted by Crippen LogP contribution is -2.38. The molecule has 0 saturated heterocycles. The van der Waals surface area contributed by atoms with E-state index in [1.165, 1.54) is 0 Å². The Labute approximate surface area is 223 Å². The first-order valence-electron chi connectivity index (χ1n) is 13.0. The minimum Gasteiger partial charge on any atom is -0.497 e. The molecule has 4 rings (SSSR count). The summed E-state index contributed by atoms with van der Waals surface area (Å²) in [6, 6.07) is 21.9. The molecule has 1 unspecified atom stereocenters. The topological polar surface area (TPSA) is 73.7 Å². The zero-order chi connectivity index (χ0) is 27.1. The molecule has 0 N–H and O–H groups in total. The van der Waals surface area contributed by atoms with Gasteiger partial charge in [0.2, 0.25) is 0 Å². The van der Waals surface area contributed by atoms with Crippen molar-refractivity contribution < 1.29 is 14.3 Å². The first kappa shape index (κ1) is 26.9. The second-order valence-electron chi connectivity index (χ2n) is 9.35. The minimum atomic E-state index is -0.461. The van der Waals surface area contributed by atoms with Crippen molar-refractivity contribution in [1.82, 2.24) is 14.5 Å². The highest BCUT2D eigenvalue weighted by atomic mass is 16.5. The van der Waals surface area contributed by atoms with E-state index in [0.29, 0.717) is 46.9 Å². The molecular weight excluding hydrogens is 478 g/mol. The van der Waals surface area contributed by atoms with Gasteiger partial charge in [-0.25, -0.2) is 4.98 Å². The summed E-state index contributed by atoms with van der Waals surface area (Å²) in [6.45, 7) is 4.97. The normalized spacial score (nSPS) is 11.8. The number of carbonyl (C=O) groups excluding carboxylic acids is 1. The van der Waals surface area contributed by atoms with E-state index in [-0.39, 0.29) is 11.5 Å². The number of hydrogen-bond acceptors (Lipinski definition) is 5. The molecule has 0 saturated carbocycles. The Hall–Kier alpha value is -4.13. The molecule has 1 amide bonds. The van der Waals surface area contributed by atoms with E-state index in [4.69, 9.17) is 14.5 Å². The number of rotatable bonds is 11. The van der Waals surface area contributed by atoms with Crippen molar-refractivity contribution >= 4 is 16.8 Å². The van der Waals surface area contributed by atoms with E-state index in [9.17, 15) is 9.59 Å². The quantitative estimate of drug-likeness (QED) is 0.235. The Balaban J connectivity index is 1.83. The summed E-state index contributed by atoms with van der Waals surface area (Å²) in [5.41, 5.74) is 1.95. The van der Waals surface area contributed by atoms with Crippen LogP contribution in [0.4, 0.5) is 0 Å². The predicted octanol–water partition coefficient (Wildman–Crippen LogP) is 5.86. The van der Waals surface area contributed by atoms with E-state index in [1.807, 2.05) is 60.4 Å². The van der Waals surface area contributed by atoms with Gasteiger partial charge in [-0.1, -0.05) is 62.2 Å². The average molecular weight is 514 g/mol. The second-order valence-corrected chi connectivity index (χ2v) is 9.35. The molecule has 0 aliphatic rings. The van der Waals surface area contributed by atoms with E-state index in [1.54, 1.807) is 43.1 Å². The third-order valence-electron chi connectivity index (χ3n) is 6.78. The first-order chi connectivity index (χ1) is 18.5. The maximum absolute atomic E-state index is 14.0. The molecule has 4 aromatic rings. The number of carbonyl (C=O) groups is 1. The van der Waals surface area contributed by atoms with Crippen LogP contribution >= 0.6 is 0 Å². The lowest BCUT2D eigenvalue weighted by molar-refractivity contribution is 0.0674. The van der Waals surface area contributed by atoms with Gasteiger partial charge in [-0.3, -0.25) is 14.2 Å². The molecule has 0 fully saturated rings. The Morgan fingerprint density at radius 2 is 1.61 bits per heavy atom. The summed E-state index contributed by atoms with van der Waals surface area (Å²) in [5.74, 6) is 1.47. The summed E-state index contributed by atoms with van der Waals surface area (Å²) < 4.78 is 12.5. The molecule has 3 aromatic carbocycles. The number of para-hydroxylation sites is 1. The number of methoxy groups -OCH3 is 2. The van der Waals surface area contributed by atoms with Crippen LogP contribution in [0.25, 0.3) is 10.9 Å². The first-order valence-corrected chi connectivity index (χ1v) is 13.0. The number of amides is 1. The molecule has 7 heteroatoms. The van der Waals surface area contributed by atoms with Crippen LogP contribution < -0.4 is 15.0 Å². The SMILES string of the molecule is CCCCCN(C(=O)c1cc(OC)cc(OC)c1)C(C)c1nc2ccccc2c(=O)n1Cc1ccccc1. The fourth-order valence-electron chi connectivity index (χ4n) is 4.66. The van der Waals surface area contributed by atoms with Gasteiger partial charge in [0.1, 0.15) is 17.3 Å². The van der Waals surface area contributed by atoms with E-state index < -0.39 is 6.04 Å². The molecular formula is C31H35N3O4. The van der Waals surface area contributed by atoms with Gasteiger partial charge < -0.3 is 14.4 Å². The maximum atomic E-state index is 14.0. The van der Waals surface area contributed by atoms with E-state index >= 15 is 0 Å². The summed E-state index contributed by atoms with van der Waals surface area (Å²) in [4.78, 5) is 34.5. The number of nitrogens with zero attached hydrogens (tertiary/aromatic N) is 3. The third kappa shape index (κ3) is 5.88. The highest BCUT2D eigenvalue weighted by molar-refractivity contribution is 5.95. The summed E-state index contributed by atoms with van der Waals surface area (Å²) >= 11 is 0. The fraction of sp³-hybridized carbons (Fsp3) is 0.323. The van der Waals surface area contributed by atoms with Crippen molar-refractivity contribution in [3.63, 3.8) is 0 Å².